The van der Waals surface area contributed by atoms with Crippen LogP contribution in [0.3, 0.4) is 0 Å². The van der Waals surface area contributed by atoms with E-state index in [1.165, 1.54) is 11.1 Å². The van der Waals surface area contributed by atoms with Crippen molar-refractivity contribution in [3.8, 4) is 11.6 Å². The van der Waals surface area contributed by atoms with Crippen LogP contribution in [0.4, 0.5) is 0 Å². The summed E-state index contributed by atoms with van der Waals surface area (Å²) < 4.78 is 5.32. The normalized spacial score (nSPS) is 14.9. The molecule has 0 fully saturated rings. The standard InChI is InChI=1S/C20H22N6O/c1-21-20(22-14-18-23-19(25-24-18)17-8-5-13-27-17)26-11-9-16(10-12-26)15-6-3-2-4-7-15/h2-9,13H,10-12,14H2,1H3,(H,21,22)(H,23,24,25). The number of aliphatic imine (C=N–C) groups is 1. The van der Waals surface area contributed by atoms with Crippen LogP contribution in [0.5, 0.6) is 0 Å². The van der Waals surface area contributed by atoms with Gasteiger partial charge >= 0.3 is 0 Å². The largest absolute Gasteiger partial charge is 0.461 e. The van der Waals surface area contributed by atoms with E-state index in [1.54, 1.807) is 13.3 Å². The molecule has 3 aromatic rings. The third kappa shape index (κ3) is 3.92. The maximum atomic E-state index is 5.32. The van der Waals surface area contributed by atoms with Crippen molar-refractivity contribution in [3.63, 3.8) is 0 Å². The Labute approximate surface area is 157 Å². The zero-order valence-electron chi connectivity index (χ0n) is 15.2. The molecule has 0 bridgehead atoms. The lowest BCUT2D eigenvalue weighted by atomic mass is 10.00. The number of furan rings is 1. The maximum absolute atomic E-state index is 5.32. The van der Waals surface area contributed by atoms with Gasteiger partial charge in [-0.2, -0.15) is 0 Å². The Morgan fingerprint density at radius 2 is 2.15 bits per heavy atom. The number of hydrogen-bond donors (Lipinski definition) is 2. The summed E-state index contributed by atoms with van der Waals surface area (Å²) >= 11 is 0. The van der Waals surface area contributed by atoms with E-state index in [0.29, 0.717) is 18.1 Å². The van der Waals surface area contributed by atoms with Crippen LogP contribution in [0.25, 0.3) is 17.2 Å². The molecule has 2 N–H and O–H groups in total. The molecule has 0 aliphatic carbocycles. The Bertz CT molecular complexity index is 927. The highest BCUT2D eigenvalue weighted by atomic mass is 16.3. The van der Waals surface area contributed by atoms with Crippen molar-refractivity contribution >= 4 is 11.5 Å². The number of nitrogens with one attached hydrogen (secondary N) is 2. The molecule has 0 amide bonds. The Balaban J connectivity index is 1.36. The molecular formula is C20H22N6O. The van der Waals surface area contributed by atoms with Crippen LogP contribution in [0.2, 0.25) is 0 Å². The second-order valence-electron chi connectivity index (χ2n) is 6.28. The SMILES string of the molecule is CN=C(NCc1nc(-c2ccco2)n[nH]1)N1CC=C(c2ccccc2)CC1. The number of guanidine groups is 1. The zero-order valence-corrected chi connectivity index (χ0v) is 15.2. The molecule has 0 spiro atoms. The van der Waals surface area contributed by atoms with Gasteiger partial charge in [-0.25, -0.2) is 4.98 Å². The molecule has 138 valence electrons. The van der Waals surface area contributed by atoms with E-state index in [9.17, 15) is 0 Å². The van der Waals surface area contributed by atoms with E-state index in [2.05, 4.69) is 60.7 Å². The molecule has 1 aliphatic rings. The first-order valence-electron chi connectivity index (χ1n) is 8.98. The third-order valence-corrected chi connectivity index (χ3v) is 4.55. The van der Waals surface area contributed by atoms with Crippen LogP contribution in [0.15, 0.2) is 64.2 Å². The number of hydrogen-bond acceptors (Lipinski definition) is 4. The molecule has 7 nitrogen and oxygen atoms in total. The van der Waals surface area contributed by atoms with Crippen LogP contribution in [-0.2, 0) is 6.54 Å². The van der Waals surface area contributed by atoms with Crippen molar-refractivity contribution in [3.05, 3.63) is 66.2 Å². The fourth-order valence-corrected chi connectivity index (χ4v) is 3.16. The van der Waals surface area contributed by atoms with Crippen molar-refractivity contribution in [2.75, 3.05) is 20.1 Å². The number of benzene rings is 1. The Kier molecular flexibility index (Phi) is 5.00. The smallest absolute Gasteiger partial charge is 0.216 e. The summed E-state index contributed by atoms with van der Waals surface area (Å²) in [4.78, 5) is 11.1. The summed E-state index contributed by atoms with van der Waals surface area (Å²) in [5, 5.41) is 10.5. The van der Waals surface area contributed by atoms with E-state index < -0.39 is 0 Å². The van der Waals surface area contributed by atoms with Gasteiger partial charge in [0.15, 0.2) is 11.7 Å². The third-order valence-electron chi connectivity index (χ3n) is 4.55. The fraction of sp³-hybridized carbons (Fsp3) is 0.250. The van der Waals surface area contributed by atoms with Crippen LogP contribution >= 0.6 is 0 Å². The molecule has 0 radical (unpaired) electrons. The number of H-pyrrole nitrogens is 1. The van der Waals surface area contributed by atoms with Crippen molar-refractivity contribution in [2.45, 2.75) is 13.0 Å². The minimum Gasteiger partial charge on any atom is -0.461 e. The van der Waals surface area contributed by atoms with Crippen molar-refractivity contribution in [1.82, 2.24) is 25.4 Å². The summed E-state index contributed by atoms with van der Waals surface area (Å²) in [5.74, 6) is 2.80. The van der Waals surface area contributed by atoms with E-state index in [-0.39, 0.29) is 0 Å². The van der Waals surface area contributed by atoms with Crippen LogP contribution < -0.4 is 5.32 Å². The first kappa shape index (κ1) is 17.1. The van der Waals surface area contributed by atoms with Crippen molar-refractivity contribution < 1.29 is 4.42 Å². The van der Waals surface area contributed by atoms with Crippen molar-refractivity contribution in [1.29, 1.82) is 0 Å². The Morgan fingerprint density at radius 3 is 2.85 bits per heavy atom. The predicted octanol–water partition coefficient (Wildman–Crippen LogP) is 2.93. The first-order chi connectivity index (χ1) is 13.3. The molecule has 2 aromatic heterocycles. The second kappa shape index (κ2) is 7.90. The van der Waals surface area contributed by atoms with Gasteiger partial charge in [-0.15, -0.1) is 5.10 Å². The molecule has 0 saturated heterocycles. The maximum Gasteiger partial charge on any atom is 0.216 e. The molecular weight excluding hydrogens is 340 g/mol. The minimum absolute atomic E-state index is 0.520. The van der Waals surface area contributed by atoms with Gasteiger partial charge in [-0.05, 0) is 29.7 Å². The second-order valence-corrected chi connectivity index (χ2v) is 6.28. The molecule has 27 heavy (non-hydrogen) atoms. The summed E-state index contributed by atoms with van der Waals surface area (Å²) in [6, 6.07) is 14.2. The average molecular weight is 362 g/mol. The highest BCUT2D eigenvalue weighted by molar-refractivity contribution is 5.81. The highest BCUT2D eigenvalue weighted by Crippen LogP contribution is 2.22. The molecule has 0 atom stereocenters. The van der Waals surface area contributed by atoms with Crippen molar-refractivity contribution in [2.24, 2.45) is 4.99 Å². The summed E-state index contributed by atoms with van der Waals surface area (Å²) in [7, 11) is 1.80. The van der Waals surface area contributed by atoms with E-state index in [0.717, 1.165) is 31.3 Å². The summed E-state index contributed by atoms with van der Waals surface area (Å²) in [5.41, 5.74) is 2.69. The first-order valence-corrected chi connectivity index (χ1v) is 8.98. The highest BCUT2D eigenvalue weighted by Gasteiger charge is 2.16. The molecule has 1 aromatic carbocycles. The topological polar surface area (TPSA) is 82.3 Å². The fourth-order valence-electron chi connectivity index (χ4n) is 3.16. The molecule has 0 unspecified atom stereocenters. The van der Waals surface area contributed by atoms with Gasteiger partial charge < -0.3 is 14.6 Å². The minimum atomic E-state index is 0.520. The quantitative estimate of drug-likeness (QED) is 0.551. The van der Waals surface area contributed by atoms with E-state index in [4.69, 9.17) is 4.42 Å². The molecule has 3 heterocycles. The van der Waals surface area contributed by atoms with Crippen LogP contribution in [0.1, 0.15) is 17.8 Å². The summed E-state index contributed by atoms with van der Waals surface area (Å²) in [6.45, 7) is 2.28. The van der Waals surface area contributed by atoms with Gasteiger partial charge in [-0.3, -0.25) is 10.1 Å². The van der Waals surface area contributed by atoms with Gasteiger partial charge in [0.1, 0.15) is 5.82 Å². The van der Waals surface area contributed by atoms with Gasteiger partial charge in [0.05, 0.1) is 12.8 Å². The lowest BCUT2D eigenvalue weighted by Gasteiger charge is -2.29. The Morgan fingerprint density at radius 1 is 1.26 bits per heavy atom. The van der Waals surface area contributed by atoms with E-state index in [1.807, 2.05) is 18.2 Å². The Hall–Kier alpha value is -3.35. The molecule has 7 heteroatoms. The van der Waals surface area contributed by atoms with Gasteiger partial charge in [0.25, 0.3) is 0 Å². The van der Waals surface area contributed by atoms with E-state index >= 15 is 0 Å². The monoisotopic (exact) mass is 362 g/mol. The summed E-state index contributed by atoms with van der Waals surface area (Å²) in [6.07, 6.45) is 4.88. The lowest BCUT2D eigenvalue weighted by molar-refractivity contribution is 0.439. The number of nitrogens with zero attached hydrogens (tertiary/aromatic N) is 4. The number of aromatic amines is 1. The zero-order chi connectivity index (χ0) is 18.5. The van der Waals surface area contributed by atoms with Gasteiger partial charge in [0.2, 0.25) is 5.82 Å². The molecule has 0 saturated carbocycles. The molecule has 1 aliphatic heterocycles. The van der Waals surface area contributed by atoms with Gasteiger partial charge in [0, 0.05) is 20.1 Å². The predicted molar refractivity (Wildman–Crippen MR) is 105 cm³/mol. The molecule has 4 rings (SSSR count). The number of aromatic nitrogens is 3. The lowest BCUT2D eigenvalue weighted by Crippen LogP contribution is -2.43. The van der Waals surface area contributed by atoms with Crippen LogP contribution in [0, 0.1) is 0 Å². The number of rotatable bonds is 4. The van der Waals surface area contributed by atoms with Gasteiger partial charge in [-0.1, -0.05) is 36.4 Å². The van der Waals surface area contributed by atoms with Crippen LogP contribution in [-0.4, -0.2) is 46.2 Å². The average Bonchev–Trinajstić information content (AvgIpc) is 3.41.